The summed E-state index contributed by atoms with van der Waals surface area (Å²) >= 11 is 9.56. The summed E-state index contributed by atoms with van der Waals surface area (Å²) < 4.78 is 0.893. The Hall–Kier alpha value is -0.620. The van der Waals surface area contributed by atoms with Gasteiger partial charge in [-0.05, 0) is 24.6 Å². The number of benzene rings is 1. The van der Waals surface area contributed by atoms with E-state index in [1.165, 1.54) is 0 Å². The molecule has 4 nitrogen and oxygen atoms in total. The van der Waals surface area contributed by atoms with Crippen LogP contribution in [0, 0.1) is 0 Å². The molecule has 0 spiro atoms. The van der Waals surface area contributed by atoms with E-state index in [4.69, 9.17) is 11.6 Å². The number of amides is 1. The van der Waals surface area contributed by atoms with Crippen LogP contribution >= 0.6 is 27.5 Å². The summed E-state index contributed by atoms with van der Waals surface area (Å²) in [5.74, 6) is 0.0464. The van der Waals surface area contributed by atoms with Gasteiger partial charge in [-0.3, -0.25) is 9.69 Å². The molecule has 6 heteroatoms. The van der Waals surface area contributed by atoms with Crippen molar-refractivity contribution in [1.82, 2.24) is 15.1 Å². The molecule has 114 valence electrons. The normalized spacial score (nSPS) is 23.5. The largest absolute Gasteiger partial charge is 0.337 e. The van der Waals surface area contributed by atoms with Gasteiger partial charge in [0.05, 0.1) is 10.6 Å². The predicted octanol–water partition coefficient (Wildman–Crippen LogP) is 2.22. The Balaban J connectivity index is 1.66. The molecule has 1 amide bonds. The van der Waals surface area contributed by atoms with E-state index in [0.717, 1.165) is 50.2 Å². The molecule has 0 aromatic heterocycles. The molecule has 1 aromatic rings. The Morgan fingerprint density at radius 1 is 1.29 bits per heavy atom. The van der Waals surface area contributed by atoms with Gasteiger partial charge in [-0.15, -0.1) is 0 Å². The molecule has 2 heterocycles. The van der Waals surface area contributed by atoms with Crippen LogP contribution in [-0.2, 0) is 0 Å². The van der Waals surface area contributed by atoms with Crippen molar-refractivity contribution in [2.45, 2.75) is 12.5 Å². The monoisotopic (exact) mass is 371 g/mol. The molecular weight excluding hydrogens is 354 g/mol. The average molecular weight is 373 g/mol. The molecule has 2 aliphatic rings. The van der Waals surface area contributed by atoms with Crippen LogP contribution in [0.2, 0.25) is 5.02 Å². The van der Waals surface area contributed by atoms with Gasteiger partial charge in [-0.25, -0.2) is 0 Å². The molecule has 1 aromatic carbocycles. The second-order valence-electron chi connectivity index (χ2n) is 5.60. The Morgan fingerprint density at radius 2 is 2.05 bits per heavy atom. The van der Waals surface area contributed by atoms with Gasteiger partial charge in [0.25, 0.3) is 5.91 Å². The highest BCUT2D eigenvalue weighted by atomic mass is 79.9. The standard InChI is InChI=1S/C15H19BrClN3O/c16-11-1-2-13(14(17)9-11)15(21)20-6-3-12(10-20)19-7-4-18-5-8-19/h1-2,9,12,18H,3-8,10H2. The number of carbonyl (C=O) groups is 1. The fourth-order valence-corrected chi connectivity index (χ4v) is 3.86. The van der Waals surface area contributed by atoms with E-state index >= 15 is 0 Å². The Labute approximate surface area is 138 Å². The average Bonchev–Trinajstić information content (AvgIpc) is 2.97. The summed E-state index contributed by atoms with van der Waals surface area (Å²) in [7, 11) is 0. The molecular formula is C15H19BrClN3O. The van der Waals surface area contributed by atoms with Crippen molar-refractivity contribution in [2.24, 2.45) is 0 Å². The molecule has 1 N–H and O–H groups in total. The van der Waals surface area contributed by atoms with Crippen LogP contribution in [0.25, 0.3) is 0 Å². The number of hydrogen-bond donors (Lipinski definition) is 1. The lowest BCUT2D eigenvalue weighted by atomic mass is 10.2. The van der Waals surface area contributed by atoms with Gasteiger partial charge in [0.1, 0.15) is 0 Å². The van der Waals surface area contributed by atoms with Crippen molar-refractivity contribution in [3.8, 4) is 0 Å². The first kappa shape index (κ1) is 15.3. The van der Waals surface area contributed by atoms with Crippen molar-refractivity contribution < 1.29 is 4.79 Å². The zero-order valence-electron chi connectivity index (χ0n) is 11.8. The Morgan fingerprint density at radius 3 is 2.76 bits per heavy atom. The van der Waals surface area contributed by atoms with E-state index in [9.17, 15) is 4.79 Å². The third-order valence-electron chi connectivity index (χ3n) is 4.28. The third-order valence-corrected chi connectivity index (χ3v) is 5.09. The van der Waals surface area contributed by atoms with Gasteiger partial charge in [-0.1, -0.05) is 27.5 Å². The van der Waals surface area contributed by atoms with Crippen molar-refractivity contribution >= 4 is 33.4 Å². The summed E-state index contributed by atoms with van der Waals surface area (Å²) in [5.41, 5.74) is 0.598. The minimum atomic E-state index is 0.0464. The molecule has 1 unspecified atom stereocenters. The number of piperazine rings is 1. The SMILES string of the molecule is O=C(c1ccc(Br)cc1Cl)N1CCC(N2CCNCC2)C1. The zero-order chi connectivity index (χ0) is 14.8. The van der Waals surface area contributed by atoms with Gasteiger partial charge < -0.3 is 10.2 Å². The van der Waals surface area contributed by atoms with Crippen LogP contribution in [0.4, 0.5) is 0 Å². The Bertz CT molecular complexity index is 534. The summed E-state index contributed by atoms with van der Waals surface area (Å²) in [6.45, 7) is 5.87. The number of nitrogens with zero attached hydrogens (tertiary/aromatic N) is 2. The fourth-order valence-electron chi connectivity index (χ4n) is 3.10. The third kappa shape index (κ3) is 3.42. The minimum Gasteiger partial charge on any atom is -0.337 e. The van der Waals surface area contributed by atoms with E-state index in [2.05, 4.69) is 26.1 Å². The van der Waals surface area contributed by atoms with Crippen LogP contribution in [0.1, 0.15) is 16.8 Å². The van der Waals surface area contributed by atoms with E-state index in [1.807, 2.05) is 11.0 Å². The highest BCUT2D eigenvalue weighted by Crippen LogP contribution is 2.25. The van der Waals surface area contributed by atoms with Crippen LogP contribution < -0.4 is 5.32 Å². The number of likely N-dealkylation sites (tertiary alicyclic amines) is 1. The van der Waals surface area contributed by atoms with Crippen molar-refractivity contribution in [2.75, 3.05) is 39.3 Å². The number of carbonyl (C=O) groups excluding carboxylic acids is 1. The molecule has 1 atom stereocenters. The topological polar surface area (TPSA) is 35.6 Å². The van der Waals surface area contributed by atoms with Crippen LogP contribution in [-0.4, -0.2) is 61.0 Å². The maximum absolute atomic E-state index is 12.6. The summed E-state index contributed by atoms with van der Waals surface area (Å²) in [5, 5.41) is 3.88. The number of nitrogens with one attached hydrogen (secondary N) is 1. The van der Waals surface area contributed by atoms with Gasteiger partial charge in [0.15, 0.2) is 0 Å². The number of rotatable bonds is 2. The number of hydrogen-bond acceptors (Lipinski definition) is 3. The van der Waals surface area contributed by atoms with Crippen LogP contribution in [0.5, 0.6) is 0 Å². The molecule has 3 rings (SSSR count). The molecule has 0 radical (unpaired) electrons. The summed E-state index contributed by atoms with van der Waals surface area (Å²) in [6, 6.07) is 5.93. The van der Waals surface area contributed by atoms with Gasteiger partial charge in [0.2, 0.25) is 0 Å². The van der Waals surface area contributed by atoms with Gasteiger partial charge in [-0.2, -0.15) is 0 Å². The second-order valence-corrected chi connectivity index (χ2v) is 6.93. The minimum absolute atomic E-state index is 0.0464. The quantitative estimate of drug-likeness (QED) is 0.865. The van der Waals surface area contributed by atoms with Crippen LogP contribution in [0.15, 0.2) is 22.7 Å². The van der Waals surface area contributed by atoms with Crippen molar-refractivity contribution in [3.63, 3.8) is 0 Å². The van der Waals surface area contributed by atoms with Crippen LogP contribution in [0.3, 0.4) is 0 Å². The maximum atomic E-state index is 12.6. The molecule has 0 bridgehead atoms. The van der Waals surface area contributed by atoms with Crippen molar-refractivity contribution in [3.05, 3.63) is 33.3 Å². The molecule has 0 saturated carbocycles. The molecule has 0 aliphatic carbocycles. The summed E-state index contributed by atoms with van der Waals surface area (Å²) in [4.78, 5) is 17.0. The van der Waals surface area contributed by atoms with Gasteiger partial charge in [0, 0.05) is 49.8 Å². The molecule has 2 fully saturated rings. The van der Waals surface area contributed by atoms with E-state index < -0.39 is 0 Å². The summed E-state index contributed by atoms with van der Waals surface area (Å²) in [6.07, 6.45) is 1.06. The number of halogens is 2. The smallest absolute Gasteiger partial charge is 0.255 e. The highest BCUT2D eigenvalue weighted by molar-refractivity contribution is 9.10. The lowest BCUT2D eigenvalue weighted by Gasteiger charge is -2.32. The first-order valence-corrected chi connectivity index (χ1v) is 8.51. The second kappa shape index (κ2) is 6.65. The van der Waals surface area contributed by atoms with Gasteiger partial charge >= 0.3 is 0 Å². The maximum Gasteiger partial charge on any atom is 0.255 e. The van der Waals surface area contributed by atoms with E-state index in [1.54, 1.807) is 12.1 Å². The van der Waals surface area contributed by atoms with E-state index in [-0.39, 0.29) is 5.91 Å². The lowest BCUT2D eigenvalue weighted by Crippen LogP contribution is -2.49. The first-order chi connectivity index (χ1) is 10.1. The molecule has 21 heavy (non-hydrogen) atoms. The Kier molecular flexibility index (Phi) is 4.84. The first-order valence-electron chi connectivity index (χ1n) is 7.34. The zero-order valence-corrected chi connectivity index (χ0v) is 14.2. The molecule has 2 saturated heterocycles. The predicted molar refractivity (Wildman–Crippen MR) is 87.9 cm³/mol. The van der Waals surface area contributed by atoms with E-state index in [0.29, 0.717) is 16.6 Å². The van der Waals surface area contributed by atoms with Crippen molar-refractivity contribution in [1.29, 1.82) is 0 Å². The highest BCUT2D eigenvalue weighted by Gasteiger charge is 2.31. The fraction of sp³-hybridized carbons (Fsp3) is 0.533. The molecule has 2 aliphatic heterocycles. The lowest BCUT2D eigenvalue weighted by molar-refractivity contribution is 0.0773.